The van der Waals surface area contributed by atoms with Crippen LogP contribution in [0, 0.1) is 11.3 Å². The van der Waals surface area contributed by atoms with Crippen LogP contribution in [0.2, 0.25) is 0 Å². The van der Waals surface area contributed by atoms with Crippen molar-refractivity contribution >= 4 is 0 Å². The number of nitrogens with zero attached hydrogens (tertiary/aromatic N) is 4. The van der Waals surface area contributed by atoms with Crippen molar-refractivity contribution in [1.29, 1.82) is 5.26 Å². The summed E-state index contributed by atoms with van der Waals surface area (Å²) in [5, 5.41) is 24.5. The molecule has 94 valence electrons. The number of aromatic nitrogens is 3. The average molecular weight is 244 g/mol. The van der Waals surface area contributed by atoms with Gasteiger partial charge in [-0.25, -0.2) is 13.5 Å². The summed E-state index contributed by atoms with van der Waals surface area (Å²) in [4.78, 5) is 0. The van der Waals surface area contributed by atoms with Gasteiger partial charge in [-0.05, 0) is 5.92 Å². The fraction of sp³-hybridized carbons (Fsp3) is 0.700. The van der Waals surface area contributed by atoms with Gasteiger partial charge in [-0.2, -0.15) is 5.26 Å². The maximum Gasteiger partial charge on any atom is 0.289 e. The van der Waals surface area contributed by atoms with Crippen molar-refractivity contribution in [3.05, 3.63) is 11.4 Å². The lowest BCUT2D eigenvalue weighted by molar-refractivity contribution is -0.0661. The Morgan fingerprint density at radius 3 is 2.65 bits per heavy atom. The molecule has 1 heterocycles. The van der Waals surface area contributed by atoms with Crippen molar-refractivity contribution < 1.29 is 13.9 Å². The minimum atomic E-state index is -3.23. The Morgan fingerprint density at radius 2 is 2.18 bits per heavy atom. The van der Waals surface area contributed by atoms with Gasteiger partial charge in [-0.15, -0.1) is 5.10 Å². The summed E-state index contributed by atoms with van der Waals surface area (Å²) in [6.45, 7) is 1.66. The number of rotatable bonds is 5. The third kappa shape index (κ3) is 3.20. The summed E-state index contributed by atoms with van der Waals surface area (Å²) in [6.07, 6.45) is 0.0399. The summed E-state index contributed by atoms with van der Waals surface area (Å²) in [5.74, 6) is -3.30. The van der Waals surface area contributed by atoms with Gasteiger partial charge in [0.25, 0.3) is 5.92 Å². The quantitative estimate of drug-likeness (QED) is 0.841. The molecule has 0 radical (unpaired) electrons. The van der Waals surface area contributed by atoms with E-state index < -0.39 is 19.1 Å². The van der Waals surface area contributed by atoms with Crippen molar-refractivity contribution in [2.24, 2.45) is 0 Å². The number of hydrogen-bond acceptors (Lipinski definition) is 4. The van der Waals surface area contributed by atoms with Gasteiger partial charge in [0.2, 0.25) is 0 Å². The van der Waals surface area contributed by atoms with E-state index in [0.29, 0.717) is 11.4 Å². The molecule has 0 atom stereocenters. The molecule has 1 rings (SSSR count). The second-order valence-corrected chi connectivity index (χ2v) is 4.08. The molecule has 0 aliphatic heterocycles. The van der Waals surface area contributed by atoms with Crippen LogP contribution in [-0.2, 0) is 13.0 Å². The van der Waals surface area contributed by atoms with Gasteiger partial charge in [0.15, 0.2) is 0 Å². The molecule has 0 amide bonds. The smallest absolute Gasteiger partial charge is 0.289 e. The molecule has 1 aromatic rings. The first-order valence-electron chi connectivity index (χ1n) is 5.19. The van der Waals surface area contributed by atoms with Crippen LogP contribution in [0.5, 0.6) is 0 Å². The fourth-order valence-corrected chi connectivity index (χ4v) is 1.57. The predicted octanol–water partition coefficient (Wildman–Crippen LogP) is 1.10. The molecule has 0 saturated heterocycles. The maximum absolute atomic E-state index is 13.1. The van der Waals surface area contributed by atoms with Crippen molar-refractivity contribution in [2.75, 3.05) is 6.61 Å². The van der Waals surface area contributed by atoms with E-state index in [2.05, 4.69) is 10.3 Å². The second kappa shape index (κ2) is 5.19. The summed E-state index contributed by atoms with van der Waals surface area (Å²) in [6, 6.07) is 1.92. The van der Waals surface area contributed by atoms with E-state index in [0.717, 1.165) is 4.68 Å². The zero-order valence-corrected chi connectivity index (χ0v) is 9.69. The molecule has 5 nitrogen and oxygen atoms in total. The summed E-state index contributed by atoms with van der Waals surface area (Å²) < 4.78 is 27.2. The van der Waals surface area contributed by atoms with Crippen LogP contribution in [0.4, 0.5) is 8.78 Å². The van der Waals surface area contributed by atoms with Gasteiger partial charge in [0.1, 0.15) is 18.8 Å². The number of aliphatic hydroxyl groups is 1. The Labute approximate surface area is 97.7 Å². The van der Waals surface area contributed by atoms with E-state index in [-0.39, 0.29) is 12.3 Å². The van der Waals surface area contributed by atoms with E-state index in [1.807, 2.05) is 19.9 Å². The first kappa shape index (κ1) is 13.5. The number of aliphatic hydroxyl groups excluding tert-OH is 1. The molecular formula is C10H14F2N4O. The summed E-state index contributed by atoms with van der Waals surface area (Å²) in [7, 11) is 0. The largest absolute Gasteiger partial charge is 0.390 e. The molecule has 0 spiro atoms. The molecular weight excluding hydrogens is 230 g/mol. The molecule has 17 heavy (non-hydrogen) atoms. The van der Waals surface area contributed by atoms with Crippen molar-refractivity contribution in [3.8, 4) is 6.07 Å². The van der Waals surface area contributed by atoms with Crippen LogP contribution >= 0.6 is 0 Å². The zero-order valence-electron chi connectivity index (χ0n) is 9.69. The lowest BCUT2D eigenvalue weighted by Crippen LogP contribution is -2.29. The Morgan fingerprint density at radius 1 is 1.53 bits per heavy atom. The summed E-state index contributed by atoms with van der Waals surface area (Å²) >= 11 is 0. The number of halogens is 2. The van der Waals surface area contributed by atoms with E-state index in [1.165, 1.54) is 0 Å². The maximum atomic E-state index is 13.1. The molecule has 0 saturated carbocycles. The molecule has 0 aliphatic carbocycles. The van der Waals surface area contributed by atoms with E-state index in [9.17, 15) is 8.78 Å². The highest BCUT2D eigenvalue weighted by molar-refractivity contribution is 5.17. The van der Waals surface area contributed by atoms with E-state index >= 15 is 0 Å². The highest BCUT2D eigenvalue weighted by Gasteiger charge is 2.31. The van der Waals surface area contributed by atoms with Crippen molar-refractivity contribution in [3.63, 3.8) is 0 Å². The van der Waals surface area contributed by atoms with Crippen LogP contribution in [0.1, 0.15) is 31.2 Å². The van der Waals surface area contributed by atoms with Gasteiger partial charge < -0.3 is 5.11 Å². The second-order valence-electron chi connectivity index (χ2n) is 4.08. The third-order valence-electron chi connectivity index (χ3n) is 2.25. The Bertz CT molecular complexity index is 422. The molecule has 0 unspecified atom stereocenters. The average Bonchev–Trinajstić information content (AvgIpc) is 2.61. The summed E-state index contributed by atoms with van der Waals surface area (Å²) in [5.41, 5.74) is 0.927. The van der Waals surface area contributed by atoms with Crippen LogP contribution < -0.4 is 0 Å². The monoisotopic (exact) mass is 244 g/mol. The van der Waals surface area contributed by atoms with Crippen LogP contribution in [0.25, 0.3) is 0 Å². The van der Waals surface area contributed by atoms with Gasteiger partial charge in [-0.3, -0.25) is 0 Å². The molecule has 7 heteroatoms. The first-order valence-corrected chi connectivity index (χ1v) is 5.19. The minimum absolute atomic E-state index is 0.0399. The normalized spacial score (nSPS) is 11.8. The van der Waals surface area contributed by atoms with Crippen LogP contribution in [-0.4, -0.2) is 32.6 Å². The molecule has 0 bridgehead atoms. The van der Waals surface area contributed by atoms with Gasteiger partial charge in [0, 0.05) is 0 Å². The lowest BCUT2D eigenvalue weighted by Gasteiger charge is -2.16. The van der Waals surface area contributed by atoms with Gasteiger partial charge in [0.05, 0.1) is 18.2 Å². The van der Waals surface area contributed by atoms with Crippen molar-refractivity contribution in [1.82, 2.24) is 15.0 Å². The van der Waals surface area contributed by atoms with E-state index in [4.69, 9.17) is 10.4 Å². The first-order chi connectivity index (χ1) is 7.91. The van der Waals surface area contributed by atoms with Gasteiger partial charge in [-0.1, -0.05) is 19.1 Å². The number of nitriles is 1. The van der Waals surface area contributed by atoms with Crippen LogP contribution in [0.3, 0.4) is 0 Å². The standard InChI is InChI=1S/C10H14F2N4O/c1-7(2)9-8(3-4-13)14-15-16(9)5-10(11,12)6-17/h7,17H,3,5-6H2,1-2H3. The molecule has 1 aromatic heterocycles. The number of hydrogen-bond donors (Lipinski definition) is 1. The number of alkyl halides is 2. The molecule has 0 aliphatic rings. The zero-order chi connectivity index (χ0) is 13.1. The van der Waals surface area contributed by atoms with Gasteiger partial charge >= 0.3 is 0 Å². The van der Waals surface area contributed by atoms with E-state index in [1.54, 1.807) is 0 Å². The SMILES string of the molecule is CC(C)c1c(CC#N)nnn1CC(F)(F)CO. The Kier molecular flexibility index (Phi) is 4.12. The fourth-order valence-electron chi connectivity index (χ4n) is 1.57. The molecule has 1 N–H and O–H groups in total. The highest BCUT2D eigenvalue weighted by Crippen LogP contribution is 2.22. The molecule has 0 aromatic carbocycles. The topological polar surface area (TPSA) is 74.7 Å². The predicted molar refractivity (Wildman–Crippen MR) is 55.5 cm³/mol. The highest BCUT2D eigenvalue weighted by atomic mass is 19.3. The van der Waals surface area contributed by atoms with Crippen molar-refractivity contribution in [2.45, 2.75) is 38.7 Å². The van der Waals surface area contributed by atoms with Crippen LogP contribution in [0.15, 0.2) is 0 Å². The molecule has 0 fully saturated rings. The third-order valence-corrected chi connectivity index (χ3v) is 2.25. The lowest BCUT2D eigenvalue weighted by atomic mass is 10.1. The Balaban J connectivity index is 3.05. The minimum Gasteiger partial charge on any atom is -0.390 e. The Hall–Kier alpha value is -1.55.